The molecule has 0 spiro atoms. The zero-order chi connectivity index (χ0) is 29.2. The molecule has 4 aromatic carbocycles. The molecule has 0 amide bonds. The number of ether oxygens (including phenoxy) is 3. The maximum atomic E-state index is 13.6. The highest BCUT2D eigenvalue weighted by Crippen LogP contribution is 2.34. The van der Waals surface area contributed by atoms with E-state index in [2.05, 4.69) is 6.92 Å². The second-order valence-corrected chi connectivity index (χ2v) is 11.1. The number of esters is 2. The number of hydrogen-bond acceptors (Lipinski definition) is 8. The average Bonchev–Trinajstić information content (AvgIpc) is 2.99. The summed E-state index contributed by atoms with van der Waals surface area (Å²) in [4.78, 5) is 25.2. The lowest BCUT2D eigenvalue weighted by Gasteiger charge is -2.13. The van der Waals surface area contributed by atoms with Crippen molar-refractivity contribution in [3.05, 3.63) is 108 Å². The van der Waals surface area contributed by atoms with Gasteiger partial charge in [-0.15, -0.1) is 0 Å². The molecule has 0 radical (unpaired) electrons. The molecular formula is C32H30O8S. The van der Waals surface area contributed by atoms with Crippen molar-refractivity contribution in [2.45, 2.75) is 42.4 Å². The Morgan fingerprint density at radius 3 is 1.98 bits per heavy atom. The van der Waals surface area contributed by atoms with E-state index in [1.807, 2.05) is 0 Å². The topological polar surface area (TPSA) is 116 Å². The number of benzene rings is 4. The van der Waals surface area contributed by atoms with Crippen molar-refractivity contribution < 1.29 is 37.3 Å². The maximum absolute atomic E-state index is 13.6. The van der Waals surface area contributed by atoms with Gasteiger partial charge in [0.25, 0.3) is 0 Å². The van der Waals surface area contributed by atoms with E-state index in [9.17, 15) is 23.1 Å². The van der Waals surface area contributed by atoms with Crippen LogP contribution < -0.4 is 14.2 Å². The van der Waals surface area contributed by atoms with Crippen molar-refractivity contribution >= 4 is 21.8 Å². The molecule has 0 unspecified atom stereocenters. The maximum Gasteiger partial charge on any atom is 0.343 e. The number of unbranched alkanes of at least 4 members (excludes halogenated alkanes) is 3. The third kappa shape index (κ3) is 7.73. The summed E-state index contributed by atoms with van der Waals surface area (Å²) in [5.74, 6) is -1.22. The fourth-order valence-electron chi connectivity index (χ4n) is 3.90. The normalized spacial score (nSPS) is 11.0. The first-order valence-corrected chi connectivity index (χ1v) is 14.7. The molecule has 41 heavy (non-hydrogen) atoms. The smallest absolute Gasteiger partial charge is 0.343 e. The van der Waals surface area contributed by atoms with Gasteiger partial charge in [0.2, 0.25) is 9.84 Å². The van der Waals surface area contributed by atoms with Gasteiger partial charge in [-0.2, -0.15) is 0 Å². The predicted octanol–water partition coefficient (Wildman–Crippen LogP) is 6.62. The molecule has 4 aromatic rings. The molecule has 1 N–H and O–H groups in total. The van der Waals surface area contributed by atoms with Crippen LogP contribution in [0, 0.1) is 0 Å². The van der Waals surface area contributed by atoms with Gasteiger partial charge in [-0.3, -0.25) is 0 Å². The van der Waals surface area contributed by atoms with E-state index >= 15 is 0 Å². The zero-order valence-corrected chi connectivity index (χ0v) is 23.3. The highest BCUT2D eigenvalue weighted by molar-refractivity contribution is 7.91. The Bertz CT molecular complexity index is 1580. The molecule has 0 fully saturated rings. The first-order chi connectivity index (χ1) is 19.8. The molecule has 0 heterocycles. The average molecular weight is 575 g/mol. The molecule has 212 valence electrons. The molecule has 0 saturated carbocycles. The van der Waals surface area contributed by atoms with Crippen molar-refractivity contribution in [1.29, 1.82) is 0 Å². The van der Waals surface area contributed by atoms with Gasteiger partial charge < -0.3 is 19.3 Å². The summed E-state index contributed by atoms with van der Waals surface area (Å²) in [6.45, 7) is 2.72. The third-order valence-electron chi connectivity index (χ3n) is 6.13. The van der Waals surface area contributed by atoms with Crippen LogP contribution in [0.4, 0.5) is 0 Å². The van der Waals surface area contributed by atoms with E-state index in [-0.39, 0.29) is 38.2 Å². The molecule has 0 aliphatic rings. The molecular weight excluding hydrogens is 544 g/mol. The number of rotatable bonds is 12. The van der Waals surface area contributed by atoms with Gasteiger partial charge in [0.15, 0.2) is 5.75 Å². The predicted molar refractivity (Wildman–Crippen MR) is 152 cm³/mol. The second kappa shape index (κ2) is 13.6. The van der Waals surface area contributed by atoms with E-state index in [4.69, 9.17) is 14.2 Å². The molecule has 4 rings (SSSR count). The Kier molecular flexibility index (Phi) is 9.76. The quantitative estimate of drug-likeness (QED) is 0.114. The third-order valence-corrected chi connectivity index (χ3v) is 7.92. The summed E-state index contributed by atoms with van der Waals surface area (Å²) in [7, 11) is -4.17. The van der Waals surface area contributed by atoms with Crippen LogP contribution in [0.1, 0.15) is 53.3 Å². The number of sulfone groups is 1. The second-order valence-electron chi connectivity index (χ2n) is 9.18. The minimum absolute atomic E-state index is 0.0199. The highest BCUT2D eigenvalue weighted by Gasteiger charge is 2.26. The van der Waals surface area contributed by atoms with E-state index < -0.39 is 21.8 Å². The zero-order valence-electron chi connectivity index (χ0n) is 22.5. The van der Waals surface area contributed by atoms with Gasteiger partial charge in [-0.25, -0.2) is 18.0 Å². The van der Waals surface area contributed by atoms with Crippen LogP contribution in [0.2, 0.25) is 0 Å². The molecule has 9 heteroatoms. The summed E-state index contributed by atoms with van der Waals surface area (Å²) in [5, 5.41) is 9.45. The van der Waals surface area contributed by atoms with Gasteiger partial charge in [0.05, 0.1) is 22.6 Å². The lowest BCUT2D eigenvalue weighted by Crippen LogP contribution is -2.13. The van der Waals surface area contributed by atoms with E-state index in [0.717, 1.165) is 31.7 Å². The number of carbonyl (C=O) groups excluding carboxylic acids is 2. The number of phenolic OH excluding ortho intramolecular Hbond substituents is 1. The largest absolute Gasteiger partial charge is 0.508 e. The first-order valence-electron chi connectivity index (χ1n) is 13.2. The number of hydrogen-bond donors (Lipinski definition) is 1. The number of phenols is 1. The number of carbonyl (C=O) groups is 2. The van der Waals surface area contributed by atoms with Crippen LogP contribution in [0.15, 0.2) is 107 Å². The molecule has 0 atom stereocenters. The molecule has 0 bridgehead atoms. The van der Waals surface area contributed by atoms with Gasteiger partial charge >= 0.3 is 11.9 Å². The van der Waals surface area contributed by atoms with E-state index in [0.29, 0.717) is 12.4 Å². The van der Waals surface area contributed by atoms with Crippen LogP contribution in [-0.4, -0.2) is 32.1 Å². The standard InChI is InChI=1S/C32H30O8S/c1-2-3-4-8-21-38-26-17-13-24(14-18-26)32(35)40-29-20-19-27(39-31(34)23-11-15-25(33)16-12-23)22-30(29)41(36,37)28-9-6-5-7-10-28/h5-7,9-20,22,33H,2-4,8,21H2,1H3. The van der Waals surface area contributed by atoms with E-state index in [1.54, 1.807) is 42.5 Å². The van der Waals surface area contributed by atoms with Crippen LogP contribution in [0.25, 0.3) is 0 Å². The molecule has 0 aliphatic heterocycles. The SMILES string of the molecule is CCCCCCOc1ccc(C(=O)Oc2ccc(OC(=O)c3ccc(O)cc3)cc2S(=O)(=O)c2ccccc2)cc1. The van der Waals surface area contributed by atoms with Crippen LogP contribution in [0.3, 0.4) is 0 Å². The Balaban J connectivity index is 1.57. The van der Waals surface area contributed by atoms with Crippen molar-refractivity contribution in [3.8, 4) is 23.0 Å². The van der Waals surface area contributed by atoms with Gasteiger partial charge in [0.1, 0.15) is 22.1 Å². The van der Waals surface area contributed by atoms with Gasteiger partial charge in [0, 0.05) is 6.07 Å². The van der Waals surface area contributed by atoms with Crippen molar-refractivity contribution in [2.75, 3.05) is 6.61 Å². The monoisotopic (exact) mass is 574 g/mol. The fourth-order valence-corrected chi connectivity index (χ4v) is 5.32. The Hall–Kier alpha value is -4.63. The Morgan fingerprint density at radius 1 is 0.707 bits per heavy atom. The van der Waals surface area contributed by atoms with Crippen molar-refractivity contribution in [3.63, 3.8) is 0 Å². The van der Waals surface area contributed by atoms with Gasteiger partial charge in [-0.1, -0.05) is 44.4 Å². The van der Waals surface area contributed by atoms with Crippen molar-refractivity contribution in [1.82, 2.24) is 0 Å². The molecule has 0 aromatic heterocycles. The lowest BCUT2D eigenvalue weighted by atomic mass is 10.2. The Morgan fingerprint density at radius 2 is 1.32 bits per heavy atom. The molecule has 0 aliphatic carbocycles. The summed E-state index contributed by atoms with van der Waals surface area (Å²) in [6.07, 6.45) is 4.32. The van der Waals surface area contributed by atoms with Crippen LogP contribution in [-0.2, 0) is 9.84 Å². The highest BCUT2D eigenvalue weighted by atomic mass is 32.2. The minimum Gasteiger partial charge on any atom is -0.508 e. The van der Waals surface area contributed by atoms with Crippen molar-refractivity contribution in [2.24, 2.45) is 0 Å². The molecule has 8 nitrogen and oxygen atoms in total. The van der Waals surface area contributed by atoms with E-state index in [1.165, 1.54) is 48.5 Å². The fraction of sp³-hybridized carbons (Fsp3) is 0.188. The minimum atomic E-state index is -4.17. The summed E-state index contributed by atoms with van der Waals surface area (Å²) in [5.41, 5.74) is 0.355. The van der Waals surface area contributed by atoms with Crippen LogP contribution in [0.5, 0.6) is 23.0 Å². The molecule has 0 saturated heterocycles. The van der Waals surface area contributed by atoms with Gasteiger partial charge in [-0.05, 0) is 79.2 Å². The summed E-state index contributed by atoms with van der Waals surface area (Å²) in [6, 6.07) is 23.2. The lowest BCUT2D eigenvalue weighted by molar-refractivity contribution is 0.0715. The summed E-state index contributed by atoms with van der Waals surface area (Å²) < 4.78 is 43.7. The summed E-state index contributed by atoms with van der Waals surface area (Å²) >= 11 is 0. The first kappa shape index (κ1) is 29.4. The van der Waals surface area contributed by atoms with Crippen LogP contribution >= 0.6 is 0 Å². The Labute approximate surface area is 239 Å². The number of aromatic hydroxyl groups is 1.